The summed E-state index contributed by atoms with van der Waals surface area (Å²) in [6, 6.07) is 26.0. The third kappa shape index (κ3) is 6.58. The van der Waals surface area contributed by atoms with E-state index >= 15 is 0 Å². The number of rotatable bonds is 11. The molecule has 4 aromatic carbocycles. The highest BCUT2D eigenvalue weighted by Crippen LogP contribution is 2.41. The number of Topliss-reactive ketones (excluding diaryl/α,β-unsaturated/α-hetero) is 2. The van der Waals surface area contributed by atoms with Crippen molar-refractivity contribution >= 4 is 21.6 Å². The van der Waals surface area contributed by atoms with Gasteiger partial charge < -0.3 is 9.84 Å². The molecule has 0 radical (unpaired) electrons. The number of aryl methyl sites for hydroxylation is 1. The van der Waals surface area contributed by atoms with E-state index in [0.29, 0.717) is 40.4 Å². The van der Waals surface area contributed by atoms with Crippen LogP contribution in [0.4, 0.5) is 0 Å². The Labute approximate surface area is 263 Å². The number of aromatic nitrogens is 2. The first kappa shape index (κ1) is 31.4. The quantitative estimate of drug-likeness (QED) is 0.172. The van der Waals surface area contributed by atoms with E-state index in [2.05, 4.69) is 0 Å². The number of carbonyl (C=O) groups is 2. The molecular weight excluding hydrogens is 588 g/mol. The largest absolute Gasteiger partial charge is 0.507 e. The lowest BCUT2D eigenvalue weighted by molar-refractivity contribution is -0.117. The van der Waals surface area contributed by atoms with Crippen LogP contribution in [0.5, 0.6) is 11.5 Å². The summed E-state index contributed by atoms with van der Waals surface area (Å²) in [5.74, 6) is 0.141. The molecule has 5 rings (SSSR count). The molecule has 0 bridgehead atoms. The molecule has 1 heterocycles. The molecule has 0 spiro atoms. The summed E-state index contributed by atoms with van der Waals surface area (Å²) in [6.45, 7) is 7.12. The molecule has 0 fully saturated rings. The van der Waals surface area contributed by atoms with Gasteiger partial charge in [0.2, 0.25) is 0 Å². The molecule has 1 N–H and O–H groups in total. The Hall–Kier alpha value is -5.02. The van der Waals surface area contributed by atoms with Crippen molar-refractivity contribution in [2.45, 2.75) is 45.4 Å². The number of hydrogen-bond acceptors (Lipinski definition) is 7. The lowest BCUT2D eigenvalue weighted by Gasteiger charge is -2.16. The Morgan fingerprint density at radius 1 is 0.800 bits per heavy atom. The van der Waals surface area contributed by atoms with E-state index in [0.717, 1.165) is 5.56 Å². The first-order valence-electron chi connectivity index (χ1n) is 14.6. The Bertz CT molecular complexity index is 1940. The monoisotopic (exact) mass is 622 g/mol. The van der Waals surface area contributed by atoms with Crippen molar-refractivity contribution in [3.05, 3.63) is 108 Å². The predicted octanol–water partition coefficient (Wildman–Crippen LogP) is 6.80. The fourth-order valence-corrected chi connectivity index (χ4v) is 6.78. The van der Waals surface area contributed by atoms with Gasteiger partial charge in [0.15, 0.2) is 5.82 Å². The average molecular weight is 623 g/mol. The number of benzene rings is 4. The molecule has 0 aliphatic heterocycles. The summed E-state index contributed by atoms with van der Waals surface area (Å²) in [4.78, 5) is 29.4. The van der Waals surface area contributed by atoms with Gasteiger partial charge in [0.05, 0.1) is 22.9 Å². The highest BCUT2D eigenvalue weighted by molar-refractivity contribution is 7.90. The van der Waals surface area contributed by atoms with E-state index < -0.39 is 10.0 Å². The maximum atomic E-state index is 14.6. The first-order valence-corrected chi connectivity index (χ1v) is 16.0. The van der Waals surface area contributed by atoms with Crippen molar-refractivity contribution in [3.63, 3.8) is 0 Å². The summed E-state index contributed by atoms with van der Waals surface area (Å²) in [7, 11) is -4.27. The molecule has 0 aliphatic rings. The summed E-state index contributed by atoms with van der Waals surface area (Å²) < 4.78 is 36.1. The SMILES string of the molecule is CCOc1ccc(-c2c(-c3ccc(C)cc3)nc(-c3cc(CC(C)=O)c(O)c(CC(C)=O)c3)n2S(=O)(=O)c2ccccc2)cc1. The van der Waals surface area contributed by atoms with Crippen LogP contribution >= 0.6 is 0 Å². The van der Waals surface area contributed by atoms with Crippen LogP contribution in [0.1, 0.15) is 37.5 Å². The molecule has 45 heavy (non-hydrogen) atoms. The van der Waals surface area contributed by atoms with Gasteiger partial charge in [0, 0.05) is 40.7 Å². The lowest BCUT2D eigenvalue weighted by atomic mass is 9.97. The zero-order valence-electron chi connectivity index (χ0n) is 25.6. The number of phenolic OH excluding ortho intramolecular Hbond substituents is 1. The standard InChI is InChI=1S/C36H34N2O6S/c1-5-44-31-17-15-27(16-18-31)34-33(26-13-11-23(2)12-14-26)37-36(38(34)45(42,43)32-9-7-6-8-10-32)30-21-28(19-24(3)39)35(41)29(22-30)20-25(4)40/h6-18,21-22,41H,5,19-20H2,1-4H3. The molecule has 0 aliphatic carbocycles. The third-order valence-corrected chi connectivity index (χ3v) is 8.99. The molecule has 0 saturated heterocycles. The second-order valence-corrected chi connectivity index (χ2v) is 12.7. The fraction of sp³-hybridized carbons (Fsp3) is 0.194. The summed E-state index contributed by atoms with van der Waals surface area (Å²) >= 11 is 0. The minimum atomic E-state index is -4.27. The van der Waals surface area contributed by atoms with Crippen LogP contribution in [0.2, 0.25) is 0 Å². The van der Waals surface area contributed by atoms with Crippen LogP contribution in [0.25, 0.3) is 33.9 Å². The highest BCUT2D eigenvalue weighted by atomic mass is 32.2. The molecule has 0 amide bonds. The van der Waals surface area contributed by atoms with E-state index in [1.807, 2.05) is 38.1 Å². The number of imidazole rings is 1. The Morgan fingerprint density at radius 2 is 1.36 bits per heavy atom. The van der Waals surface area contributed by atoms with Gasteiger partial charge in [-0.3, -0.25) is 9.59 Å². The van der Waals surface area contributed by atoms with Crippen molar-refractivity contribution in [3.8, 4) is 45.4 Å². The van der Waals surface area contributed by atoms with E-state index in [4.69, 9.17) is 9.72 Å². The minimum Gasteiger partial charge on any atom is -0.507 e. The number of phenols is 1. The van der Waals surface area contributed by atoms with Gasteiger partial charge in [0.25, 0.3) is 10.0 Å². The number of hydrogen-bond donors (Lipinski definition) is 1. The normalized spacial score (nSPS) is 11.4. The maximum absolute atomic E-state index is 14.6. The number of carbonyl (C=O) groups excluding carboxylic acids is 2. The molecule has 0 saturated carbocycles. The second kappa shape index (κ2) is 12.9. The van der Waals surface area contributed by atoms with E-state index in [1.54, 1.807) is 54.6 Å². The van der Waals surface area contributed by atoms with Gasteiger partial charge in [-0.25, -0.2) is 17.4 Å². The molecule has 8 nitrogen and oxygen atoms in total. The van der Waals surface area contributed by atoms with Crippen molar-refractivity contribution in [1.82, 2.24) is 8.96 Å². The molecule has 5 aromatic rings. The number of nitrogens with zero attached hydrogens (tertiary/aromatic N) is 2. The smallest absolute Gasteiger partial charge is 0.270 e. The predicted molar refractivity (Wildman–Crippen MR) is 174 cm³/mol. The van der Waals surface area contributed by atoms with E-state index in [-0.39, 0.29) is 52.0 Å². The van der Waals surface area contributed by atoms with E-state index in [1.165, 1.54) is 30.0 Å². The van der Waals surface area contributed by atoms with Gasteiger partial charge in [-0.2, -0.15) is 0 Å². The zero-order valence-corrected chi connectivity index (χ0v) is 26.4. The molecule has 9 heteroatoms. The highest BCUT2D eigenvalue weighted by Gasteiger charge is 2.31. The fourth-order valence-electron chi connectivity index (χ4n) is 5.26. The second-order valence-electron chi connectivity index (χ2n) is 10.9. The maximum Gasteiger partial charge on any atom is 0.270 e. The van der Waals surface area contributed by atoms with Crippen LogP contribution in [0.15, 0.2) is 95.9 Å². The van der Waals surface area contributed by atoms with Crippen LogP contribution < -0.4 is 4.74 Å². The van der Waals surface area contributed by atoms with Crippen molar-refractivity contribution in [2.24, 2.45) is 0 Å². The molecular formula is C36H34N2O6S. The Kier molecular flexibility index (Phi) is 9.01. The summed E-state index contributed by atoms with van der Waals surface area (Å²) in [5.41, 5.74) is 3.95. The van der Waals surface area contributed by atoms with Gasteiger partial charge >= 0.3 is 0 Å². The van der Waals surface area contributed by atoms with E-state index in [9.17, 15) is 23.1 Å². The first-order chi connectivity index (χ1) is 21.5. The molecule has 0 unspecified atom stereocenters. The average Bonchev–Trinajstić information content (AvgIpc) is 3.42. The molecule has 1 aromatic heterocycles. The lowest BCUT2D eigenvalue weighted by Crippen LogP contribution is -2.16. The van der Waals surface area contributed by atoms with Crippen LogP contribution in [-0.2, 0) is 32.5 Å². The summed E-state index contributed by atoms with van der Waals surface area (Å²) in [5, 5.41) is 11.0. The van der Waals surface area contributed by atoms with Gasteiger partial charge in [-0.05, 0) is 76.2 Å². The molecule has 0 atom stereocenters. The van der Waals surface area contributed by atoms with Gasteiger partial charge in [-0.15, -0.1) is 0 Å². The Morgan fingerprint density at radius 3 is 1.89 bits per heavy atom. The number of ether oxygens (including phenoxy) is 1. The third-order valence-electron chi connectivity index (χ3n) is 7.29. The minimum absolute atomic E-state index is 0.0537. The van der Waals surface area contributed by atoms with Gasteiger partial charge in [0.1, 0.15) is 23.1 Å². The topological polar surface area (TPSA) is 116 Å². The number of aromatic hydroxyl groups is 1. The summed E-state index contributed by atoms with van der Waals surface area (Å²) in [6.07, 6.45) is -0.208. The zero-order chi connectivity index (χ0) is 32.3. The Balaban J connectivity index is 1.91. The van der Waals surface area contributed by atoms with Crippen molar-refractivity contribution in [1.29, 1.82) is 0 Å². The number of ketones is 2. The van der Waals surface area contributed by atoms with Crippen LogP contribution in [0, 0.1) is 6.92 Å². The van der Waals surface area contributed by atoms with Gasteiger partial charge in [-0.1, -0.05) is 48.0 Å². The van der Waals surface area contributed by atoms with Crippen LogP contribution in [-0.4, -0.2) is 40.7 Å². The van der Waals surface area contributed by atoms with Crippen molar-refractivity contribution < 1.29 is 27.9 Å². The van der Waals surface area contributed by atoms with Crippen LogP contribution in [0.3, 0.4) is 0 Å². The van der Waals surface area contributed by atoms with Crippen molar-refractivity contribution in [2.75, 3.05) is 6.61 Å². The molecule has 230 valence electrons.